The van der Waals surface area contributed by atoms with Crippen LogP contribution in [0.25, 0.3) is 0 Å². The highest BCUT2D eigenvalue weighted by Gasteiger charge is 2.65. The van der Waals surface area contributed by atoms with Gasteiger partial charge in [-0.2, -0.15) is 0 Å². The molecule has 98 valence electrons. The summed E-state index contributed by atoms with van der Waals surface area (Å²) >= 11 is 0. The maximum atomic E-state index is 11.7. The van der Waals surface area contributed by atoms with E-state index >= 15 is 0 Å². The van der Waals surface area contributed by atoms with E-state index in [1.807, 2.05) is 0 Å². The molecule has 1 fully saturated rings. The molecule has 1 aliphatic rings. The van der Waals surface area contributed by atoms with Crippen LogP contribution >= 0.6 is 0 Å². The first-order chi connectivity index (χ1) is 7.64. The van der Waals surface area contributed by atoms with Gasteiger partial charge in [0.2, 0.25) is 0 Å². The minimum Gasteiger partial charge on any atom is -0.480 e. The molecule has 0 aromatic carbocycles. The van der Waals surface area contributed by atoms with E-state index in [0.29, 0.717) is 6.42 Å². The molecule has 17 heavy (non-hydrogen) atoms. The molecule has 1 saturated carbocycles. The molecular formula is C12H22N2O3. The van der Waals surface area contributed by atoms with E-state index in [1.165, 1.54) is 0 Å². The van der Waals surface area contributed by atoms with E-state index in [9.17, 15) is 9.59 Å². The minimum absolute atomic E-state index is 0.0509. The van der Waals surface area contributed by atoms with Crippen molar-refractivity contribution in [2.45, 2.75) is 53.1 Å². The zero-order valence-corrected chi connectivity index (χ0v) is 11.1. The van der Waals surface area contributed by atoms with Gasteiger partial charge in [0.15, 0.2) is 0 Å². The highest BCUT2D eigenvalue weighted by atomic mass is 16.4. The minimum atomic E-state index is -1.00. The molecule has 1 aliphatic carbocycles. The summed E-state index contributed by atoms with van der Waals surface area (Å²) in [5, 5.41) is 14.1. The number of urea groups is 1. The smallest absolute Gasteiger partial charge is 0.326 e. The summed E-state index contributed by atoms with van der Waals surface area (Å²) in [6.07, 6.45) is 0.375. The molecule has 5 heteroatoms. The third-order valence-electron chi connectivity index (χ3n) is 4.31. The number of hydrogen-bond donors (Lipinski definition) is 3. The molecule has 0 saturated heterocycles. The van der Waals surface area contributed by atoms with Crippen LogP contribution in [0.5, 0.6) is 0 Å². The Balaban J connectivity index is 2.50. The van der Waals surface area contributed by atoms with Crippen LogP contribution in [-0.2, 0) is 4.79 Å². The lowest BCUT2D eigenvalue weighted by molar-refractivity contribution is -0.139. The second-order valence-corrected chi connectivity index (χ2v) is 5.79. The molecule has 2 amide bonds. The summed E-state index contributed by atoms with van der Waals surface area (Å²) in [5.74, 6) is -1.00. The fraction of sp³-hybridized carbons (Fsp3) is 0.833. The summed E-state index contributed by atoms with van der Waals surface area (Å²) in [6, 6.07) is -1.14. The lowest BCUT2D eigenvalue weighted by Crippen LogP contribution is -2.47. The van der Waals surface area contributed by atoms with Crippen LogP contribution in [0, 0.1) is 10.8 Å². The molecule has 0 bridgehead atoms. The van der Waals surface area contributed by atoms with Crippen molar-refractivity contribution >= 4 is 12.0 Å². The predicted molar refractivity (Wildman–Crippen MR) is 64.7 cm³/mol. The Morgan fingerprint density at radius 1 is 1.24 bits per heavy atom. The highest BCUT2D eigenvalue weighted by molar-refractivity contribution is 5.82. The number of amides is 2. The van der Waals surface area contributed by atoms with E-state index in [1.54, 1.807) is 6.92 Å². The third-order valence-corrected chi connectivity index (χ3v) is 4.31. The van der Waals surface area contributed by atoms with Crippen molar-refractivity contribution in [3.8, 4) is 0 Å². The lowest BCUT2D eigenvalue weighted by atomic mass is 10.0. The van der Waals surface area contributed by atoms with Crippen molar-refractivity contribution in [1.82, 2.24) is 10.6 Å². The van der Waals surface area contributed by atoms with Crippen molar-refractivity contribution in [3.63, 3.8) is 0 Å². The van der Waals surface area contributed by atoms with Gasteiger partial charge < -0.3 is 15.7 Å². The van der Waals surface area contributed by atoms with Crippen LogP contribution in [0.1, 0.15) is 41.0 Å². The summed E-state index contributed by atoms with van der Waals surface area (Å²) in [6.45, 7) is 10.1. The van der Waals surface area contributed by atoms with Gasteiger partial charge in [0.1, 0.15) is 6.04 Å². The van der Waals surface area contributed by atoms with Gasteiger partial charge in [0.05, 0.1) is 0 Å². The first kappa shape index (κ1) is 13.8. The maximum absolute atomic E-state index is 11.7. The number of carboxylic acid groups (broad SMARTS) is 1. The van der Waals surface area contributed by atoms with Crippen molar-refractivity contribution < 1.29 is 14.7 Å². The van der Waals surface area contributed by atoms with Crippen LogP contribution < -0.4 is 10.6 Å². The molecule has 0 aliphatic heterocycles. The van der Waals surface area contributed by atoms with Gasteiger partial charge in [-0.25, -0.2) is 9.59 Å². The molecule has 0 aromatic heterocycles. The van der Waals surface area contributed by atoms with Crippen LogP contribution in [0.15, 0.2) is 0 Å². The number of carbonyl (C=O) groups excluding carboxylic acids is 1. The SMILES string of the molecule is CC[C@@H](NC(=O)NC1C(C)(C)C1(C)C)C(=O)O. The first-order valence-corrected chi connectivity index (χ1v) is 5.94. The molecule has 0 spiro atoms. The lowest BCUT2D eigenvalue weighted by Gasteiger charge is -2.14. The van der Waals surface area contributed by atoms with Crippen molar-refractivity contribution in [1.29, 1.82) is 0 Å². The van der Waals surface area contributed by atoms with Crippen molar-refractivity contribution in [2.75, 3.05) is 0 Å². The number of rotatable bonds is 4. The molecular weight excluding hydrogens is 220 g/mol. The number of nitrogens with one attached hydrogen (secondary N) is 2. The Morgan fingerprint density at radius 2 is 1.71 bits per heavy atom. The first-order valence-electron chi connectivity index (χ1n) is 5.94. The molecule has 0 aromatic rings. The summed E-state index contributed by atoms with van der Waals surface area (Å²) in [7, 11) is 0. The summed E-state index contributed by atoms with van der Waals surface area (Å²) < 4.78 is 0. The Labute approximate surface area is 102 Å². The highest BCUT2D eigenvalue weighted by Crippen LogP contribution is 2.62. The van der Waals surface area contributed by atoms with Gasteiger partial charge in [0, 0.05) is 6.04 Å². The number of carbonyl (C=O) groups is 2. The van der Waals surface area contributed by atoms with Crippen LogP contribution in [0.3, 0.4) is 0 Å². The van der Waals surface area contributed by atoms with Gasteiger partial charge in [-0.1, -0.05) is 34.6 Å². The average Bonchev–Trinajstić information content (AvgIpc) is 2.57. The standard InChI is InChI=1S/C12H22N2O3/c1-6-7(8(15)16)13-10(17)14-9-11(2,3)12(9,4)5/h7,9H,6H2,1-5H3,(H,15,16)(H2,13,14,17)/t7-/m1/s1. The average molecular weight is 242 g/mol. The third kappa shape index (κ3) is 2.37. The largest absolute Gasteiger partial charge is 0.480 e. The molecule has 0 radical (unpaired) electrons. The Morgan fingerprint density at radius 3 is 2.00 bits per heavy atom. The fourth-order valence-corrected chi connectivity index (χ4v) is 2.23. The number of hydrogen-bond acceptors (Lipinski definition) is 2. The fourth-order valence-electron chi connectivity index (χ4n) is 2.23. The second-order valence-electron chi connectivity index (χ2n) is 5.79. The molecule has 1 atom stereocenters. The zero-order valence-electron chi connectivity index (χ0n) is 11.1. The van der Waals surface area contributed by atoms with E-state index in [0.717, 1.165) is 0 Å². The monoisotopic (exact) mass is 242 g/mol. The van der Waals surface area contributed by atoms with Crippen molar-refractivity contribution in [2.24, 2.45) is 10.8 Å². The van der Waals surface area contributed by atoms with Gasteiger partial charge in [0.25, 0.3) is 0 Å². The van der Waals surface area contributed by atoms with Gasteiger partial charge in [-0.05, 0) is 17.3 Å². The number of carboxylic acids is 1. The number of aliphatic carboxylic acids is 1. The second kappa shape index (κ2) is 4.20. The molecule has 5 nitrogen and oxygen atoms in total. The van der Waals surface area contributed by atoms with E-state index < -0.39 is 18.0 Å². The van der Waals surface area contributed by atoms with Gasteiger partial charge in [-0.3, -0.25) is 0 Å². The summed E-state index contributed by atoms with van der Waals surface area (Å²) in [5.41, 5.74) is 0.102. The normalized spacial score (nSPS) is 22.6. The van der Waals surface area contributed by atoms with Crippen molar-refractivity contribution in [3.05, 3.63) is 0 Å². The topological polar surface area (TPSA) is 78.4 Å². The quantitative estimate of drug-likeness (QED) is 0.700. The van der Waals surface area contributed by atoms with Gasteiger partial charge >= 0.3 is 12.0 Å². The van der Waals surface area contributed by atoms with E-state index in [-0.39, 0.29) is 16.9 Å². The van der Waals surface area contributed by atoms with Crippen LogP contribution in [0.4, 0.5) is 4.79 Å². The molecule has 3 N–H and O–H groups in total. The van der Waals surface area contributed by atoms with E-state index in [4.69, 9.17) is 5.11 Å². The molecule has 0 heterocycles. The zero-order chi connectivity index (χ0) is 13.4. The van der Waals surface area contributed by atoms with E-state index in [2.05, 4.69) is 38.3 Å². The Bertz CT molecular complexity index is 323. The van der Waals surface area contributed by atoms with Crippen LogP contribution in [-0.4, -0.2) is 29.2 Å². The molecule has 1 rings (SSSR count). The predicted octanol–water partition coefficient (Wildman–Crippen LogP) is 1.58. The maximum Gasteiger partial charge on any atom is 0.326 e. The Hall–Kier alpha value is -1.26. The Kier molecular flexibility index (Phi) is 3.41. The summed E-state index contributed by atoms with van der Waals surface area (Å²) in [4.78, 5) is 22.4. The van der Waals surface area contributed by atoms with Crippen LogP contribution in [0.2, 0.25) is 0 Å². The van der Waals surface area contributed by atoms with Gasteiger partial charge in [-0.15, -0.1) is 0 Å². The molecule has 0 unspecified atom stereocenters.